The standard InChI is InChI=1S/C23H23F2N3O5/c1-11-5-16(24)14(17(25)6-11)8-26-22(30)15-9-27-10-18-28(12-3-4-13(7-12)33-18)23(31)19(27)21(32-2)20(15)29/h5-6,9,12-13,18H,3-4,7-8,10H2,1-2H3,(H,26,30)/t12?,13?,18-/m1/s1. The van der Waals surface area contributed by atoms with Crippen LogP contribution in [0, 0.1) is 18.6 Å². The number of benzene rings is 1. The molecule has 2 fully saturated rings. The molecular formula is C23H23F2N3O5. The number of halogens is 2. The lowest BCUT2D eigenvalue weighted by atomic mass is 10.1. The molecule has 1 N–H and O–H groups in total. The van der Waals surface area contributed by atoms with E-state index < -0.39 is 35.7 Å². The molecule has 33 heavy (non-hydrogen) atoms. The molecule has 1 aliphatic carbocycles. The minimum atomic E-state index is -0.826. The molecule has 174 valence electrons. The van der Waals surface area contributed by atoms with Gasteiger partial charge in [-0.05, 0) is 43.9 Å². The third-order valence-corrected chi connectivity index (χ3v) is 6.60. The normalized spacial score (nSPS) is 23.2. The topological polar surface area (TPSA) is 89.9 Å². The Morgan fingerprint density at radius 2 is 1.97 bits per heavy atom. The van der Waals surface area contributed by atoms with Crippen molar-refractivity contribution in [1.29, 1.82) is 0 Å². The van der Waals surface area contributed by atoms with E-state index in [9.17, 15) is 23.2 Å². The lowest BCUT2D eigenvalue weighted by Gasteiger charge is -2.44. The highest BCUT2D eigenvalue weighted by molar-refractivity contribution is 5.99. The highest BCUT2D eigenvalue weighted by Gasteiger charge is 2.47. The first-order chi connectivity index (χ1) is 15.8. The molecule has 1 aromatic carbocycles. The van der Waals surface area contributed by atoms with Gasteiger partial charge < -0.3 is 24.3 Å². The second-order valence-corrected chi connectivity index (χ2v) is 8.69. The summed E-state index contributed by atoms with van der Waals surface area (Å²) in [6.07, 6.45) is 3.36. The van der Waals surface area contributed by atoms with E-state index in [1.165, 1.54) is 17.9 Å². The molecule has 0 radical (unpaired) electrons. The van der Waals surface area contributed by atoms with Crippen molar-refractivity contribution < 1.29 is 27.8 Å². The van der Waals surface area contributed by atoms with Crippen molar-refractivity contribution in [1.82, 2.24) is 14.8 Å². The van der Waals surface area contributed by atoms with E-state index in [4.69, 9.17) is 9.47 Å². The predicted molar refractivity (Wildman–Crippen MR) is 112 cm³/mol. The predicted octanol–water partition coefficient (Wildman–Crippen LogP) is 2.11. The largest absolute Gasteiger partial charge is 0.491 e. The summed E-state index contributed by atoms with van der Waals surface area (Å²) in [5, 5.41) is 2.39. The fourth-order valence-electron chi connectivity index (χ4n) is 5.05. The summed E-state index contributed by atoms with van der Waals surface area (Å²) in [6.45, 7) is 1.35. The van der Waals surface area contributed by atoms with Gasteiger partial charge in [0.15, 0.2) is 17.7 Å². The van der Waals surface area contributed by atoms with Gasteiger partial charge in [-0.1, -0.05) is 0 Å². The summed E-state index contributed by atoms with van der Waals surface area (Å²) in [5.74, 6) is -3.02. The van der Waals surface area contributed by atoms with Crippen molar-refractivity contribution >= 4 is 11.8 Å². The number of fused-ring (bicyclic) bond motifs is 5. The fraction of sp³-hybridized carbons (Fsp3) is 0.435. The SMILES string of the molecule is COc1c2n(cc(C(=O)NCc3c(F)cc(C)cc3F)c1=O)C[C@H]1OC3CCC(C3)N1C2=O. The maximum Gasteiger partial charge on any atom is 0.276 e. The monoisotopic (exact) mass is 459 g/mol. The number of rotatable bonds is 4. The zero-order valence-corrected chi connectivity index (χ0v) is 18.2. The molecule has 2 amide bonds. The van der Waals surface area contributed by atoms with Crippen molar-refractivity contribution in [2.75, 3.05) is 7.11 Å². The van der Waals surface area contributed by atoms with Crippen LogP contribution in [0.2, 0.25) is 0 Å². The van der Waals surface area contributed by atoms with Crippen LogP contribution in [-0.4, -0.2) is 46.8 Å². The molecule has 3 heterocycles. The molecule has 1 saturated carbocycles. The highest BCUT2D eigenvalue weighted by Crippen LogP contribution is 2.38. The lowest BCUT2D eigenvalue weighted by Crippen LogP contribution is -2.57. The van der Waals surface area contributed by atoms with Gasteiger partial charge in [0.2, 0.25) is 5.43 Å². The van der Waals surface area contributed by atoms with Gasteiger partial charge in [0.25, 0.3) is 11.8 Å². The number of pyridine rings is 1. The molecule has 2 bridgehead atoms. The van der Waals surface area contributed by atoms with Crippen LogP contribution in [0.25, 0.3) is 0 Å². The molecule has 3 aliphatic rings. The molecule has 3 atom stereocenters. The van der Waals surface area contributed by atoms with Crippen LogP contribution < -0.4 is 15.5 Å². The number of hydrogen-bond acceptors (Lipinski definition) is 5. The Morgan fingerprint density at radius 3 is 2.67 bits per heavy atom. The van der Waals surface area contributed by atoms with E-state index in [1.54, 1.807) is 11.8 Å². The molecule has 8 nitrogen and oxygen atoms in total. The van der Waals surface area contributed by atoms with Crippen molar-refractivity contribution in [3.05, 3.63) is 62.6 Å². The van der Waals surface area contributed by atoms with Crippen LogP contribution in [0.5, 0.6) is 5.75 Å². The number of ether oxygens (including phenoxy) is 2. The summed E-state index contributed by atoms with van der Waals surface area (Å²) >= 11 is 0. The van der Waals surface area contributed by atoms with Crippen LogP contribution in [0.4, 0.5) is 8.78 Å². The van der Waals surface area contributed by atoms with Crippen molar-refractivity contribution in [3.8, 4) is 5.75 Å². The number of hydrogen-bond donors (Lipinski definition) is 1. The molecule has 10 heteroatoms. The quantitative estimate of drug-likeness (QED) is 0.757. The minimum absolute atomic E-state index is 0.0529. The van der Waals surface area contributed by atoms with Crippen LogP contribution >= 0.6 is 0 Å². The van der Waals surface area contributed by atoms with Crippen molar-refractivity contribution in [3.63, 3.8) is 0 Å². The molecule has 0 spiro atoms. The summed E-state index contributed by atoms with van der Waals surface area (Å²) in [7, 11) is 1.26. The van der Waals surface area contributed by atoms with Crippen molar-refractivity contribution in [2.24, 2.45) is 0 Å². The van der Waals surface area contributed by atoms with Gasteiger partial charge in [0, 0.05) is 24.3 Å². The van der Waals surface area contributed by atoms with Gasteiger partial charge in [0.05, 0.1) is 19.8 Å². The Kier molecular flexibility index (Phi) is 5.19. The molecule has 2 aliphatic heterocycles. The maximum absolute atomic E-state index is 14.1. The number of amides is 2. The smallest absolute Gasteiger partial charge is 0.276 e. The summed E-state index contributed by atoms with van der Waals surface area (Å²) < 4.78 is 41.0. The molecular weight excluding hydrogens is 436 g/mol. The van der Waals surface area contributed by atoms with E-state index >= 15 is 0 Å². The zero-order valence-electron chi connectivity index (χ0n) is 18.2. The molecule has 1 aromatic heterocycles. The molecule has 1 saturated heterocycles. The average Bonchev–Trinajstić information content (AvgIpc) is 3.13. The highest BCUT2D eigenvalue weighted by atomic mass is 19.1. The molecule has 2 unspecified atom stereocenters. The summed E-state index contributed by atoms with van der Waals surface area (Å²) in [4.78, 5) is 40.8. The van der Waals surface area contributed by atoms with E-state index in [1.807, 2.05) is 0 Å². The maximum atomic E-state index is 14.1. The Morgan fingerprint density at radius 1 is 1.24 bits per heavy atom. The Labute approximate surface area is 188 Å². The first kappa shape index (κ1) is 21.6. The number of nitrogens with one attached hydrogen (secondary N) is 1. The number of carbonyl (C=O) groups is 2. The van der Waals surface area contributed by atoms with E-state index in [0.717, 1.165) is 31.4 Å². The van der Waals surface area contributed by atoms with E-state index in [2.05, 4.69) is 5.32 Å². The van der Waals surface area contributed by atoms with Crippen molar-refractivity contribution in [2.45, 2.75) is 57.6 Å². The third kappa shape index (κ3) is 3.49. The molecule has 2 aromatic rings. The third-order valence-electron chi connectivity index (χ3n) is 6.60. The van der Waals surface area contributed by atoms with Gasteiger partial charge in [0.1, 0.15) is 17.2 Å². The van der Waals surface area contributed by atoms with Gasteiger partial charge in [-0.2, -0.15) is 0 Å². The van der Waals surface area contributed by atoms with Gasteiger partial charge in [-0.25, -0.2) is 8.78 Å². The lowest BCUT2D eigenvalue weighted by molar-refractivity contribution is -0.132. The van der Waals surface area contributed by atoms with E-state index in [0.29, 0.717) is 5.56 Å². The Bertz CT molecular complexity index is 1200. The van der Waals surface area contributed by atoms with Crippen LogP contribution in [0.15, 0.2) is 23.1 Å². The summed E-state index contributed by atoms with van der Waals surface area (Å²) in [5.41, 5.74) is -0.880. The first-order valence-corrected chi connectivity index (χ1v) is 10.8. The Balaban J connectivity index is 1.47. The second kappa shape index (κ2) is 7.95. The van der Waals surface area contributed by atoms with Gasteiger partial charge in [-0.15, -0.1) is 0 Å². The number of methoxy groups -OCH3 is 1. The average molecular weight is 459 g/mol. The van der Waals surface area contributed by atoms with Crippen LogP contribution in [-0.2, 0) is 17.8 Å². The second-order valence-electron chi connectivity index (χ2n) is 8.69. The molecule has 5 rings (SSSR count). The Hall–Kier alpha value is -3.27. The van der Waals surface area contributed by atoms with Gasteiger partial charge in [-0.3, -0.25) is 14.4 Å². The number of carbonyl (C=O) groups excluding carboxylic acids is 2. The number of aromatic nitrogens is 1. The summed E-state index contributed by atoms with van der Waals surface area (Å²) in [6, 6.07) is 2.38. The first-order valence-electron chi connectivity index (χ1n) is 10.8. The van der Waals surface area contributed by atoms with Crippen LogP contribution in [0.3, 0.4) is 0 Å². The minimum Gasteiger partial charge on any atom is -0.491 e. The zero-order chi connectivity index (χ0) is 23.4. The number of aryl methyl sites for hydroxylation is 1. The fourth-order valence-corrected chi connectivity index (χ4v) is 5.05. The number of nitrogens with zero attached hydrogens (tertiary/aromatic N) is 2. The van der Waals surface area contributed by atoms with Gasteiger partial charge >= 0.3 is 0 Å². The van der Waals surface area contributed by atoms with Crippen LogP contribution in [0.1, 0.15) is 51.2 Å². The van der Waals surface area contributed by atoms with E-state index in [-0.39, 0.29) is 47.2 Å².